The number of urea groups is 1. The maximum Gasteiger partial charge on any atom is 0.351 e. The number of aryl methyl sites for hydroxylation is 2. The van der Waals surface area contributed by atoms with Crippen molar-refractivity contribution in [2.75, 3.05) is 37.6 Å². The number of amides is 4. The molecule has 35 heavy (non-hydrogen) atoms. The van der Waals surface area contributed by atoms with Crippen LogP contribution in [-0.2, 0) is 9.59 Å². The standard InChI is InChI=1S/C26H24FN5O3/c1-16-7-8-17(2)21(13-16)30-9-11-31(12-10-30)22(33)15-32-25(34)24-23(29-26(32)35)19(14-28-24)18-5-3-4-6-20(18)27/h3-8,13-14H,9-12,15H2,1-2H3. The lowest BCUT2D eigenvalue weighted by Crippen LogP contribution is -2.54. The molecule has 0 aromatic heterocycles. The lowest BCUT2D eigenvalue weighted by molar-refractivity contribution is -0.135. The molecule has 3 aliphatic rings. The quantitative estimate of drug-likeness (QED) is 0.683. The van der Waals surface area contributed by atoms with Gasteiger partial charge in [0.05, 0.1) is 0 Å². The average molecular weight is 474 g/mol. The predicted octanol–water partition coefficient (Wildman–Crippen LogP) is 2.99. The zero-order valence-corrected chi connectivity index (χ0v) is 19.5. The number of halogens is 1. The van der Waals surface area contributed by atoms with Gasteiger partial charge in [0.25, 0.3) is 5.91 Å². The topological polar surface area (TPSA) is 85.7 Å². The van der Waals surface area contributed by atoms with Crippen molar-refractivity contribution in [2.24, 2.45) is 9.98 Å². The molecule has 178 valence electrons. The fraction of sp³-hybridized carbons (Fsp3) is 0.269. The van der Waals surface area contributed by atoms with E-state index >= 15 is 0 Å². The van der Waals surface area contributed by atoms with Gasteiger partial charge >= 0.3 is 6.03 Å². The molecule has 0 aliphatic carbocycles. The minimum Gasteiger partial charge on any atom is -0.368 e. The highest BCUT2D eigenvalue weighted by Crippen LogP contribution is 2.27. The van der Waals surface area contributed by atoms with Crippen LogP contribution >= 0.6 is 0 Å². The van der Waals surface area contributed by atoms with Gasteiger partial charge in [0.2, 0.25) is 5.91 Å². The Morgan fingerprint density at radius 1 is 1.00 bits per heavy atom. The normalized spacial score (nSPS) is 17.8. The number of fused-ring (bicyclic) bond motifs is 1. The van der Waals surface area contributed by atoms with Crippen LogP contribution in [0.5, 0.6) is 0 Å². The monoisotopic (exact) mass is 473 g/mol. The lowest BCUT2D eigenvalue weighted by atomic mass is 9.99. The Bertz CT molecular complexity index is 1340. The van der Waals surface area contributed by atoms with Gasteiger partial charge in [0.1, 0.15) is 18.1 Å². The Kier molecular flexibility index (Phi) is 5.76. The zero-order chi connectivity index (χ0) is 24.7. The van der Waals surface area contributed by atoms with Crippen molar-refractivity contribution in [2.45, 2.75) is 13.8 Å². The van der Waals surface area contributed by atoms with Gasteiger partial charge in [-0.1, -0.05) is 30.3 Å². The molecule has 8 nitrogen and oxygen atoms in total. The number of anilines is 1. The lowest BCUT2D eigenvalue weighted by Gasteiger charge is -2.37. The molecule has 0 saturated carbocycles. The van der Waals surface area contributed by atoms with Crippen LogP contribution in [0, 0.1) is 19.7 Å². The minimum atomic E-state index is -0.851. The summed E-state index contributed by atoms with van der Waals surface area (Å²) in [6.07, 6.45) is 1.33. The summed E-state index contributed by atoms with van der Waals surface area (Å²) in [5, 5.41) is 0. The molecular formula is C26H24FN5O3. The van der Waals surface area contributed by atoms with Crippen LogP contribution in [-0.4, -0.2) is 71.8 Å². The first-order chi connectivity index (χ1) is 16.8. The van der Waals surface area contributed by atoms with Gasteiger partial charge in [-0.05, 0) is 37.1 Å². The van der Waals surface area contributed by atoms with Crippen molar-refractivity contribution >= 4 is 40.5 Å². The first-order valence-corrected chi connectivity index (χ1v) is 11.4. The van der Waals surface area contributed by atoms with E-state index in [1.54, 1.807) is 17.0 Å². The predicted molar refractivity (Wildman–Crippen MR) is 131 cm³/mol. The van der Waals surface area contributed by atoms with E-state index in [4.69, 9.17) is 0 Å². The van der Waals surface area contributed by atoms with Crippen molar-refractivity contribution in [1.29, 1.82) is 0 Å². The molecule has 5 rings (SSSR count). The van der Waals surface area contributed by atoms with E-state index in [0.717, 1.165) is 10.6 Å². The van der Waals surface area contributed by atoms with E-state index < -0.39 is 24.3 Å². The number of rotatable bonds is 4. The van der Waals surface area contributed by atoms with Gasteiger partial charge < -0.3 is 9.80 Å². The number of nitrogens with zero attached hydrogens (tertiary/aromatic N) is 5. The van der Waals surface area contributed by atoms with Gasteiger partial charge in [0, 0.05) is 49.2 Å². The molecule has 3 aliphatic heterocycles. The summed E-state index contributed by atoms with van der Waals surface area (Å²) in [7, 11) is 0. The largest absolute Gasteiger partial charge is 0.368 e. The summed E-state index contributed by atoms with van der Waals surface area (Å²) in [4.78, 5) is 51.4. The van der Waals surface area contributed by atoms with E-state index in [-0.39, 0.29) is 28.5 Å². The van der Waals surface area contributed by atoms with Gasteiger partial charge in [-0.2, -0.15) is 4.99 Å². The molecule has 3 heterocycles. The summed E-state index contributed by atoms with van der Waals surface area (Å²) in [5.41, 5.74) is 3.96. The summed E-state index contributed by atoms with van der Waals surface area (Å²) in [5.74, 6) is -1.53. The molecular weight excluding hydrogens is 449 g/mol. The first kappa shape index (κ1) is 22.6. The molecule has 0 bridgehead atoms. The minimum absolute atomic E-state index is 0.0379. The van der Waals surface area contributed by atoms with Crippen LogP contribution in [0.4, 0.5) is 14.9 Å². The van der Waals surface area contributed by atoms with Gasteiger partial charge in [-0.15, -0.1) is 0 Å². The fourth-order valence-electron chi connectivity index (χ4n) is 4.53. The van der Waals surface area contributed by atoms with E-state index in [0.29, 0.717) is 26.2 Å². The third-order valence-corrected chi connectivity index (χ3v) is 6.48. The molecule has 0 unspecified atom stereocenters. The maximum absolute atomic E-state index is 14.2. The second-order valence-corrected chi connectivity index (χ2v) is 8.79. The third kappa shape index (κ3) is 4.14. The van der Waals surface area contributed by atoms with Crippen LogP contribution in [0.15, 0.2) is 58.6 Å². The van der Waals surface area contributed by atoms with Crippen LogP contribution in [0.25, 0.3) is 5.57 Å². The SMILES string of the molecule is Cc1ccc(C)c(N2CCN(C(=O)CN3C(=O)N=C4C(c5ccccc5F)=CN=C4C3=O)CC2)c1. The van der Waals surface area contributed by atoms with Crippen molar-refractivity contribution in [1.82, 2.24) is 9.80 Å². The molecule has 9 heteroatoms. The van der Waals surface area contributed by atoms with Crippen LogP contribution in [0.1, 0.15) is 16.7 Å². The summed E-state index contributed by atoms with van der Waals surface area (Å²) in [6, 6.07) is 11.5. The number of imide groups is 1. The molecule has 1 fully saturated rings. The van der Waals surface area contributed by atoms with Gasteiger partial charge in [-0.3, -0.25) is 9.59 Å². The Morgan fingerprint density at radius 3 is 2.49 bits per heavy atom. The van der Waals surface area contributed by atoms with Gasteiger partial charge in [0.15, 0.2) is 5.71 Å². The number of carbonyl (C=O) groups excluding carboxylic acids is 3. The molecule has 0 N–H and O–H groups in total. The molecule has 0 spiro atoms. The maximum atomic E-state index is 14.2. The fourth-order valence-corrected chi connectivity index (χ4v) is 4.53. The Balaban J connectivity index is 1.25. The number of aliphatic imine (C=N–C) groups is 2. The highest BCUT2D eigenvalue weighted by molar-refractivity contribution is 6.78. The zero-order valence-electron chi connectivity index (χ0n) is 19.5. The Morgan fingerprint density at radius 2 is 1.74 bits per heavy atom. The van der Waals surface area contributed by atoms with E-state index in [2.05, 4.69) is 40.0 Å². The van der Waals surface area contributed by atoms with Crippen molar-refractivity contribution in [3.63, 3.8) is 0 Å². The molecule has 1 saturated heterocycles. The summed E-state index contributed by atoms with van der Waals surface area (Å²) < 4.78 is 14.2. The molecule has 0 radical (unpaired) electrons. The number of benzene rings is 2. The highest BCUT2D eigenvalue weighted by atomic mass is 19.1. The second kappa shape index (κ2) is 8.90. The number of piperazine rings is 1. The van der Waals surface area contributed by atoms with Crippen LogP contribution in [0.2, 0.25) is 0 Å². The summed E-state index contributed by atoms with van der Waals surface area (Å²) in [6.45, 7) is 5.98. The second-order valence-electron chi connectivity index (χ2n) is 8.79. The number of hydrogen-bond acceptors (Lipinski definition) is 5. The molecule has 4 amide bonds. The van der Waals surface area contributed by atoms with Crippen LogP contribution in [0.3, 0.4) is 0 Å². The number of carbonyl (C=O) groups is 3. The molecule has 0 atom stereocenters. The molecule has 2 aromatic rings. The third-order valence-electron chi connectivity index (χ3n) is 6.48. The Labute approximate surface area is 202 Å². The number of hydrogen-bond donors (Lipinski definition) is 0. The van der Waals surface area contributed by atoms with E-state index in [9.17, 15) is 18.8 Å². The highest BCUT2D eigenvalue weighted by Gasteiger charge is 2.40. The van der Waals surface area contributed by atoms with Crippen molar-refractivity contribution < 1.29 is 18.8 Å². The van der Waals surface area contributed by atoms with Crippen molar-refractivity contribution in [3.05, 3.63) is 71.2 Å². The summed E-state index contributed by atoms with van der Waals surface area (Å²) >= 11 is 0. The number of allylic oxidation sites excluding steroid dienone is 1. The van der Waals surface area contributed by atoms with Crippen molar-refractivity contribution in [3.8, 4) is 0 Å². The average Bonchev–Trinajstić information content (AvgIpc) is 3.27. The Hall–Kier alpha value is -4.14. The first-order valence-electron chi connectivity index (χ1n) is 11.4. The van der Waals surface area contributed by atoms with E-state index in [1.165, 1.54) is 29.5 Å². The smallest absolute Gasteiger partial charge is 0.351 e. The van der Waals surface area contributed by atoms with E-state index in [1.807, 2.05) is 6.92 Å². The van der Waals surface area contributed by atoms with Crippen LogP contribution < -0.4 is 4.90 Å². The molecule has 2 aromatic carbocycles. The van der Waals surface area contributed by atoms with Gasteiger partial charge in [-0.25, -0.2) is 19.1 Å².